The summed E-state index contributed by atoms with van der Waals surface area (Å²) in [5.41, 5.74) is 10.4. The summed E-state index contributed by atoms with van der Waals surface area (Å²) in [6.07, 6.45) is 4.15. The van der Waals surface area contributed by atoms with Crippen LogP contribution in [0.4, 0.5) is 15.9 Å². The summed E-state index contributed by atoms with van der Waals surface area (Å²) in [4.78, 5) is 12.2. The van der Waals surface area contributed by atoms with Gasteiger partial charge in [-0.2, -0.15) is 0 Å². The number of aromatic amines is 1. The minimum Gasteiger partial charge on any atom is -0.491 e. The van der Waals surface area contributed by atoms with Gasteiger partial charge >= 0.3 is 0 Å². The fourth-order valence-corrected chi connectivity index (χ4v) is 4.64. The van der Waals surface area contributed by atoms with Crippen LogP contribution >= 0.6 is 0 Å². The lowest BCUT2D eigenvalue weighted by Crippen LogP contribution is -2.17. The molecule has 0 fully saturated rings. The van der Waals surface area contributed by atoms with Crippen LogP contribution in [0.3, 0.4) is 0 Å². The van der Waals surface area contributed by atoms with Crippen molar-refractivity contribution >= 4 is 22.3 Å². The van der Waals surface area contributed by atoms with Crippen molar-refractivity contribution in [2.75, 3.05) is 17.7 Å². The van der Waals surface area contributed by atoms with Crippen LogP contribution in [0.25, 0.3) is 22.0 Å². The van der Waals surface area contributed by atoms with Crippen LogP contribution in [0.15, 0.2) is 73.1 Å². The number of halogens is 1. The average molecular weight is 512 g/mol. The fraction of sp³-hybridized carbons (Fsp3) is 0.200. The molecule has 0 aliphatic carbocycles. The highest BCUT2D eigenvalue weighted by Gasteiger charge is 2.25. The van der Waals surface area contributed by atoms with Gasteiger partial charge in [-0.15, -0.1) is 0 Å². The second kappa shape index (κ2) is 10.9. The summed E-state index contributed by atoms with van der Waals surface area (Å²) in [5.74, 6) is 0.747. The molecule has 0 saturated heterocycles. The first-order chi connectivity index (χ1) is 18.5. The van der Waals surface area contributed by atoms with Gasteiger partial charge in [0.05, 0.1) is 18.9 Å². The standard InChI is InChI=1S/C30H30FN5O2/c1-3-18-13-24(27(31)26(14-18)38-4-2)28(35-21-9-10-23-19(15-21)11-12-33-29(23)32)30-34-16-25(36-30)22-8-6-5-7-20(22)17-37/h5-16,28,35,37H,3-4,17H2,1-2H3,(H2,32,33)(H,34,36). The second-order valence-electron chi connectivity index (χ2n) is 8.98. The number of fused-ring (bicyclic) bond motifs is 1. The van der Waals surface area contributed by atoms with Gasteiger partial charge in [-0.25, -0.2) is 14.4 Å². The zero-order valence-corrected chi connectivity index (χ0v) is 21.3. The highest BCUT2D eigenvalue weighted by atomic mass is 19.1. The maximum atomic E-state index is 15.9. The summed E-state index contributed by atoms with van der Waals surface area (Å²) in [6.45, 7) is 4.10. The molecule has 0 aliphatic heterocycles. The summed E-state index contributed by atoms with van der Waals surface area (Å²) >= 11 is 0. The van der Waals surface area contributed by atoms with Gasteiger partial charge in [0.15, 0.2) is 11.6 Å². The molecule has 0 saturated carbocycles. The van der Waals surface area contributed by atoms with E-state index in [-0.39, 0.29) is 12.4 Å². The van der Waals surface area contributed by atoms with E-state index in [4.69, 9.17) is 15.5 Å². The van der Waals surface area contributed by atoms with E-state index in [0.717, 1.165) is 39.6 Å². The molecule has 0 amide bonds. The first kappa shape index (κ1) is 25.2. The Kier molecular flexibility index (Phi) is 7.24. The molecule has 5 rings (SSSR count). The van der Waals surface area contributed by atoms with Crippen LogP contribution in [0.1, 0.15) is 42.4 Å². The van der Waals surface area contributed by atoms with Crippen molar-refractivity contribution in [3.63, 3.8) is 0 Å². The lowest BCUT2D eigenvalue weighted by Gasteiger charge is -2.22. The molecule has 8 heteroatoms. The number of rotatable bonds is 9. The number of nitrogens with zero attached hydrogens (tertiary/aromatic N) is 2. The normalized spacial score (nSPS) is 12.0. The van der Waals surface area contributed by atoms with E-state index in [1.807, 2.05) is 68.4 Å². The highest BCUT2D eigenvalue weighted by molar-refractivity contribution is 5.93. The van der Waals surface area contributed by atoms with E-state index in [1.54, 1.807) is 18.5 Å². The maximum Gasteiger partial charge on any atom is 0.170 e. The lowest BCUT2D eigenvalue weighted by molar-refractivity contribution is 0.282. The third-order valence-electron chi connectivity index (χ3n) is 6.59. The van der Waals surface area contributed by atoms with Crippen molar-refractivity contribution in [3.8, 4) is 17.0 Å². The number of benzene rings is 3. The molecule has 2 aromatic heterocycles. The topological polar surface area (TPSA) is 109 Å². The molecule has 0 bridgehead atoms. The van der Waals surface area contributed by atoms with E-state index < -0.39 is 11.9 Å². The number of nitrogens with one attached hydrogen (secondary N) is 2. The lowest BCUT2D eigenvalue weighted by atomic mass is 9.99. The number of hydrogen-bond acceptors (Lipinski definition) is 6. The smallest absolute Gasteiger partial charge is 0.170 e. The Morgan fingerprint density at radius 3 is 2.74 bits per heavy atom. The molecule has 0 aliphatic rings. The highest BCUT2D eigenvalue weighted by Crippen LogP contribution is 2.35. The Morgan fingerprint density at radius 2 is 1.95 bits per heavy atom. The molecule has 5 N–H and O–H groups in total. The van der Waals surface area contributed by atoms with Crippen molar-refractivity contribution in [1.82, 2.24) is 15.0 Å². The molecule has 7 nitrogen and oxygen atoms in total. The van der Waals surface area contributed by atoms with Crippen molar-refractivity contribution in [3.05, 3.63) is 101 Å². The summed E-state index contributed by atoms with van der Waals surface area (Å²) in [7, 11) is 0. The van der Waals surface area contributed by atoms with Crippen LogP contribution in [0, 0.1) is 5.82 Å². The fourth-order valence-electron chi connectivity index (χ4n) is 4.64. The number of aliphatic hydroxyl groups is 1. The minimum atomic E-state index is -0.660. The van der Waals surface area contributed by atoms with Gasteiger partial charge in [0.25, 0.3) is 0 Å². The van der Waals surface area contributed by atoms with Gasteiger partial charge in [0.1, 0.15) is 17.7 Å². The van der Waals surface area contributed by atoms with E-state index in [0.29, 0.717) is 29.5 Å². The first-order valence-electron chi connectivity index (χ1n) is 12.6. The first-order valence-corrected chi connectivity index (χ1v) is 12.6. The van der Waals surface area contributed by atoms with Crippen molar-refractivity contribution in [2.24, 2.45) is 0 Å². The summed E-state index contributed by atoms with van der Waals surface area (Å²) in [5, 5.41) is 15.1. The quantitative estimate of drug-likeness (QED) is 0.193. The molecule has 0 spiro atoms. The van der Waals surface area contributed by atoms with Crippen LogP contribution in [-0.4, -0.2) is 26.7 Å². The zero-order valence-electron chi connectivity index (χ0n) is 21.3. The third-order valence-corrected chi connectivity index (χ3v) is 6.59. The number of aliphatic hydroxyl groups excluding tert-OH is 1. The average Bonchev–Trinajstić information content (AvgIpc) is 3.43. The number of H-pyrrole nitrogens is 1. The van der Waals surface area contributed by atoms with Gasteiger partial charge in [-0.3, -0.25) is 0 Å². The van der Waals surface area contributed by atoms with Gasteiger partial charge in [-0.05, 0) is 60.2 Å². The number of nitrogens with two attached hydrogens (primary N) is 1. The second-order valence-corrected chi connectivity index (χ2v) is 8.98. The van der Waals surface area contributed by atoms with Crippen molar-refractivity contribution in [2.45, 2.75) is 32.9 Å². The molecule has 0 radical (unpaired) electrons. The molecule has 194 valence electrons. The number of ether oxygens (including phenoxy) is 1. The van der Waals surface area contributed by atoms with Gasteiger partial charge in [-0.1, -0.05) is 37.3 Å². The van der Waals surface area contributed by atoms with Crippen LogP contribution in [-0.2, 0) is 13.0 Å². The van der Waals surface area contributed by atoms with Crippen LogP contribution in [0.5, 0.6) is 5.75 Å². The maximum absolute atomic E-state index is 15.9. The number of aryl methyl sites for hydroxylation is 1. The van der Waals surface area contributed by atoms with Gasteiger partial charge in [0.2, 0.25) is 0 Å². The van der Waals surface area contributed by atoms with Crippen LogP contribution < -0.4 is 15.8 Å². The monoisotopic (exact) mass is 511 g/mol. The minimum absolute atomic E-state index is 0.111. The molecule has 5 aromatic rings. The SMILES string of the molecule is CCOc1cc(CC)cc(C(Nc2ccc3c(N)nccc3c2)c2nc(-c3ccccc3CO)c[nH]2)c1F. The third kappa shape index (κ3) is 4.90. The van der Waals surface area contributed by atoms with E-state index in [1.165, 1.54) is 0 Å². The predicted molar refractivity (Wildman–Crippen MR) is 149 cm³/mol. The molecule has 1 unspecified atom stereocenters. The van der Waals surface area contributed by atoms with E-state index in [9.17, 15) is 5.11 Å². The molecular weight excluding hydrogens is 481 g/mol. The Balaban J connectivity index is 1.63. The molecule has 2 heterocycles. The number of aromatic nitrogens is 3. The largest absolute Gasteiger partial charge is 0.491 e. The Hall–Kier alpha value is -4.43. The van der Waals surface area contributed by atoms with E-state index in [2.05, 4.69) is 15.3 Å². The van der Waals surface area contributed by atoms with Crippen LogP contribution in [0.2, 0.25) is 0 Å². The molecule has 38 heavy (non-hydrogen) atoms. The molecule has 1 atom stereocenters. The number of anilines is 2. The van der Waals surface area contributed by atoms with Crippen molar-refractivity contribution in [1.29, 1.82) is 0 Å². The number of pyridine rings is 1. The van der Waals surface area contributed by atoms with Crippen molar-refractivity contribution < 1.29 is 14.2 Å². The molecule has 3 aromatic carbocycles. The number of nitrogen functional groups attached to an aromatic ring is 1. The Labute approximate surface area is 220 Å². The predicted octanol–water partition coefficient (Wildman–Crippen LogP) is 6.00. The van der Waals surface area contributed by atoms with Gasteiger partial charge in [0, 0.05) is 34.6 Å². The van der Waals surface area contributed by atoms with E-state index >= 15 is 4.39 Å². The summed E-state index contributed by atoms with van der Waals surface area (Å²) in [6, 6.07) is 18.1. The zero-order chi connectivity index (χ0) is 26.6. The van der Waals surface area contributed by atoms with Gasteiger partial charge < -0.3 is 25.9 Å². The Bertz CT molecular complexity index is 1580. The number of imidazole rings is 1. The molecular formula is C30H30FN5O2. The Morgan fingerprint density at radius 1 is 1.11 bits per heavy atom. The summed E-state index contributed by atoms with van der Waals surface area (Å²) < 4.78 is 21.6. The number of hydrogen-bond donors (Lipinski definition) is 4.